The Morgan fingerprint density at radius 3 is 2.12 bits per heavy atom. The molecule has 0 saturated carbocycles. The first-order valence-electron chi connectivity index (χ1n) is 6.19. The first-order chi connectivity index (χ1) is 8.04. The molecule has 17 heavy (non-hydrogen) atoms. The summed E-state index contributed by atoms with van der Waals surface area (Å²) >= 11 is 0. The van der Waals surface area contributed by atoms with Crippen LogP contribution >= 0.6 is 0 Å². The summed E-state index contributed by atoms with van der Waals surface area (Å²) in [6.07, 6.45) is 0.870. The van der Waals surface area contributed by atoms with Gasteiger partial charge >= 0.3 is 0 Å². The van der Waals surface area contributed by atoms with E-state index in [0.29, 0.717) is 0 Å². The highest BCUT2D eigenvalue weighted by atomic mass is 14.9. The molecule has 2 heteroatoms. The van der Waals surface area contributed by atoms with Crippen LogP contribution in [0.4, 0.5) is 0 Å². The van der Waals surface area contributed by atoms with Gasteiger partial charge < -0.3 is 5.32 Å². The lowest BCUT2D eigenvalue weighted by Crippen LogP contribution is -2.25. The minimum atomic E-state index is 0.0279. The molecule has 92 valence electrons. The minimum absolute atomic E-state index is 0.0279. The van der Waals surface area contributed by atoms with Crippen molar-refractivity contribution in [2.75, 3.05) is 7.05 Å². The predicted octanol–water partition coefficient (Wildman–Crippen LogP) is 3.42. The highest BCUT2D eigenvalue weighted by molar-refractivity contribution is 5.40. The van der Waals surface area contributed by atoms with E-state index < -0.39 is 0 Å². The van der Waals surface area contributed by atoms with E-state index in [-0.39, 0.29) is 12.0 Å². The predicted molar refractivity (Wildman–Crippen MR) is 71.8 cm³/mol. The minimum Gasteiger partial charge on any atom is -0.312 e. The average Bonchev–Trinajstić information content (AvgIpc) is 2.27. The molecule has 0 amide bonds. The molecule has 0 aromatic heterocycles. The Kier molecular flexibility index (Phi) is 4.72. The van der Waals surface area contributed by atoms with Gasteiger partial charge in [0.2, 0.25) is 0 Å². The summed E-state index contributed by atoms with van der Waals surface area (Å²) in [6.45, 7) is 8.43. The molecule has 0 aliphatic rings. The highest BCUT2D eigenvalue weighted by Gasteiger charge is 2.23. The molecule has 0 aliphatic carbocycles. The van der Waals surface area contributed by atoms with Crippen LogP contribution in [0.15, 0.2) is 12.1 Å². The van der Waals surface area contributed by atoms with Gasteiger partial charge in [-0.05, 0) is 50.9 Å². The molecule has 0 aliphatic heterocycles. The number of aryl methyl sites for hydroxylation is 3. The second-order valence-corrected chi connectivity index (χ2v) is 4.72. The Balaban J connectivity index is 3.26. The van der Waals surface area contributed by atoms with Gasteiger partial charge in [-0.2, -0.15) is 5.26 Å². The molecule has 0 bridgehead atoms. The van der Waals surface area contributed by atoms with E-state index in [9.17, 15) is 5.26 Å². The van der Waals surface area contributed by atoms with Gasteiger partial charge in [0, 0.05) is 6.04 Å². The Labute approximate surface area is 105 Å². The monoisotopic (exact) mass is 230 g/mol. The van der Waals surface area contributed by atoms with Crippen molar-refractivity contribution in [2.45, 2.75) is 40.2 Å². The molecule has 1 aromatic rings. The largest absolute Gasteiger partial charge is 0.312 e. The third-order valence-corrected chi connectivity index (χ3v) is 3.37. The van der Waals surface area contributed by atoms with E-state index in [4.69, 9.17) is 0 Å². The van der Waals surface area contributed by atoms with Crippen LogP contribution in [0.1, 0.15) is 41.6 Å². The summed E-state index contributed by atoms with van der Waals surface area (Å²) in [5.74, 6) is 0.0279. The second-order valence-electron chi connectivity index (χ2n) is 4.72. The van der Waals surface area contributed by atoms with Gasteiger partial charge in [-0.1, -0.05) is 24.6 Å². The van der Waals surface area contributed by atoms with Crippen molar-refractivity contribution in [3.05, 3.63) is 34.4 Å². The molecule has 0 saturated heterocycles. The van der Waals surface area contributed by atoms with Gasteiger partial charge in [0.05, 0.1) is 12.0 Å². The number of hydrogen-bond acceptors (Lipinski definition) is 2. The molecule has 0 heterocycles. The maximum atomic E-state index is 9.24. The smallest absolute Gasteiger partial charge is 0.0675 e. The van der Waals surface area contributed by atoms with E-state index in [1.165, 1.54) is 22.3 Å². The Bertz CT molecular complexity index is 406. The van der Waals surface area contributed by atoms with Crippen molar-refractivity contribution in [2.24, 2.45) is 5.92 Å². The number of nitriles is 1. The summed E-state index contributed by atoms with van der Waals surface area (Å²) in [4.78, 5) is 0. The summed E-state index contributed by atoms with van der Waals surface area (Å²) in [5, 5.41) is 12.5. The zero-order valence-electron chi connectivity index (χ0n) is 11.5. The fourth-order valence-electron chi connectivity index (χ4n) is 2.63. The lowest BCUT2D eigenvalue weighted by Gasteiger charge is -2.25. The van der Waals surface area contributed by atoms with Crippen LogP contribution in [-0.4, -0.2) is 7.05 Å². The van der Waals surface area contributed by atoms with Crippen LogP contribution in [0.3, 0.4) is 0 Å². The molecule has 1 aromatic carbocycles. The van der Waals surface area contributed by atoms with Crippen LogP contribution in [0.25, 0.3) is 0 Å². The maximum Gasteiger partial charge on any atom is 0.0675 e. The van der Waals surface area contributed by atoms with Crippen molar-refractivity contribution in [3.63, 3.8) is 0 Å². The molecule has 2 atom stereocenters. The van der Waals surface area contributed by atoms with E-state index in [1.807, 2.05) is 7.05 Å². The third kappa shape index (κ3) is 2.87. The van der Waals surface area contributed by atoms with Crippen LogP contribution in [0.2, 0.25) is 0 Å². The number of benzene rings is 1. The molecule has 0 spiro atoms. The number of nitrogens with zero attached hydrogens (tertiary/aromatic N) is 1. The molecule has 1 N–H and O–H groups in total. The Hall–Kier alpha value is -1.33. The van der Waals surface area contributed by atoms with Crippen molar-refractivity contribution >= 4 is 0 Å². The normalized spacial score (nSPS) is 14.1. The average molecular weight is 230 g/mol. The summed E-state index contributed by atoms with van der Waals surface area (Å²) in [5.41, 5.74) is 5.11. The van der Waals surface area contributed by atoms with E-state index in [1.54, 1.807) is 0 Å². The van der Waals surface area contributed by atoms with Crippen molar-refractivity contribution in [3.8, 4) is 6.07 Å². The summed E-state index contributed by atoms with van der Waals surface area (Å²) < 4.78 is 0. The topological polar surface area (TPSA) is 35.8 Å². The first kappa shape index (κ1) is 13.7. The molecule has 2 unspecified atom stereocenters. The standard InChI is InChI=1S/C15H22N2/c1-6-13(9-16)15(17-5)14-11(3)7-10(2)8-12(14)4/h7-8,13,15,17H,6H2,1-5H3. The SMILES string of the molecule is CCC(C#N)C(NC)c1c(C)cc(C)cc1C. The molecular weight excluding hydrogens is 208 g/mol. The Morgan fingerprint density at radius 2 is 1.76 bits per heavy atom. The zero-order valence-corrected chi connectivity index (χ0v) is 11.5. The van der Waals surface area contributed by atoms with Crippen LogP contribution in [-0.2, 0) is 0 Å². The summed E-state index contributed by atoms with van der Waals surface area (Å²) in [7, 11) is 1.93. The lowest BCUT2D eigenvalue weighted by molar-refractivity contribution is 0.446. The Morgan fingerprint density at radius 1 is 1.24 bits per heavy atom. The molecule has 2 nitrogen and oxygen atoms in total. The maximum absolute atomic E-state index is 9.24. The van der Waals surface area contributed by atoms with E-state index >= 15 is 0 Å². The summed E-state index contributed by atoms with van der Waals surface area (Å²) in [6, 6.07) is 6.92. The lowest BCUT2D eigenvalue weighted by atomic mass is 9.86. The number of rotatable bonds is 4. The van der Waals surface area contributed by atoms with Crippen molar-refractivity contribution in [1.82, 2.24) is 5.32 Å². The number of hydrogen-bond donors (Lipinski definition) is 1. The quantitative estimate of drug-likeness (QED) is 0.860. The molecular formula is C15H22N2. The highest BCUT2D eigenvalue weighted by Crippen LogP contribution is 2.30. The van der Waals surface area contributed by atoms with Gasteiger partial charge in [-0.25, -0.2) is 0 Å². The van der Waals surface area contributed by atoms with Gasteiger partial charge in [-0.3, -0.25) is 0 Å². The fourth-order valence-corrected chi connectivity index (χ4v) is 2.63. The van der Waals surface area contributed by atoms with Gasteiger partial charge in [0.1, 0.15) is 0 Å². The molecule has 0 radical (unpaired) electrons. The van der Waals surface area contributed by atoms with Crippen molar-refractivity contribution < 1.29 is 0 Å². The van der Waals surface area contributed by atoms with Crippen LogP contribution in [0, 0.1) is 38.0 Å². The van der Waals surface area contributed by atoms with Crippen LogP contribution in [0.5, 0.6) is 0 Å². The molecule has 1 rings (SSSR count). The van der Waals surface area contributed by atoms with E-state index in [0.717, 1.165) is 6.42 Å². The van der Waals surface area contributed by atoms with E-state index in [2.05, 4.69) is 51.2 Å². The fraction of sp³-hybridized carbons (Fsp3) is 0.533. The zero-order chi connectivity index (χ0) is 13.0. The van der Waals surface area contributed by atoms with Gasteiger partial charge in [0.15, 0.2) is 0 Å². The molecule has 0 fully saturated rings. The number of nitrogens with one attached hydrogen (secondary N) is 1. The van der Waals surface area contributed by atoms with Crippen LogP contribution < -0.4 is 5.32 Å². The van der Waals surface area contributed by atoms with Gasteiger partial charge in [-0.15, -0.1) is 0 Å². The van der Waals surface area contributed by atoms with Gasteiger partial charge in [0.25, 0.3) is 0 Å². The third-order valence-electron chi connectivity index (χ3n) is 3.37. The second kappa shape index (κ2) is 5.84. The van der Waals surface area contributed by atoms with Crippen molar-refractivity contribution in [1.29, 1.82) is 5.26 Å². The first-order valence-corrected chi connectivity index (χ1v) is 6.19.